The van der Waals surface area contributed by atoms with Crippen LogP contribution in [-0.2, 0) is 11.2 Å². The number of hydrogen-bond acceptors (Lipinski definition) is 2. The van der Waals surface area contributed by atoms with Crippen molar-refractivity contribution >= 4 is 16.8 Å². The van der Waals surface area contributed by atoms with Crippen LogP contribution in [0.3, 0.4) is 0 Å². The molecule has 2 aromatic rings. The van der Waals surface area contributed by atoms with E-state index in [9.17, 15) is 4.79 Å². The minimum Gasteiger partial charge on any atom is -0.361 e. The third-order valence-corrected chi connectivity index (χ3v) is 4.23. The summed E-state index contributed by atoms with van der Waals surface area (Å²) in [4.78, 5) is 20.2. The molecule has 126 valence electrons. The molecule has 4 heteroatoms. The Bertz CT molecular complexity index is 645. The number of fused-ring (bicyclic) bond motifs is 1. The first kappa shape index (κ1) is 17.5. The maximum Gasteiger partial charge on any atom is 0.227 e. The quantitative estimate of drug-likeness (QED) is 0.812. The van der Waals surface area contributed by atoms with Gasteiger partial charge in [-0.15, -0.1) is 0 Å². The molecule has 0 bridgehead atoms. The molecule has 0 fully saturated rings. The van der Waals surface area contributed by atoms with Crippen molar-refractivity contribution in [3.8, 4) is 0 Å². The molecule has 1 aromatic heterocycles. The zero-order valence-corrected chi connectivity index (χ0v) is 14.9. The van der Waals surface area contributed by atoms with Crippen molar-refractivity contribution in [3.63, 3.8) is 0 Å². The molecule has 0 unspecified atom stereocenters. The van der Waals surface area contributed by atoms with Crippen LogP contribution in [0, 0.1) is 6.92 Å². The summed E-state index contributed by atoms with van der Waals surface area (Å²) in [7, 11) is 4.14. The normalized spacial score (nSPS) is 11.3. The molecule has 0 saturated carbocycles. The number of aromatic nitrogens is 1. The fraction of sp³-hybridized carbons (Fsp3) is 0.526. The van der Waals surface area contributed by atoms with Crippen LogP contribution in [0.4, 0.5) is 0 Å². The number of nitrogens with zero attached hydrogens (tertiary/aromatic N) is 2. The second-order valence-electron chi connectivity index (χ2n) is 6.53. The van der Waals surface area contributed by atoms with E-state index in [2.05, 4.69) is 56.0 Å². The summed E-state index contributed by atoms with van der Waals surface area (Å²) in [5.74, 6) is 0.230. The molecule has 0 atom stereocenters. The number of aromatic amines is 1. The standard InChI is InChI=1S/C19H29N3O/c1-5-10-22(12-7-11-21(3)4)18(23)13-16-14-20-19-15(2)8-6-9-17(16)19/h6,8-9,14,20H,5,7,10-13H2,1-4H3. The van der Waals surface area contributed by atoms with Crippen LogP contribution in [0.1, 0.15) is 30.9 Å². The monoisotopic (exact) mass is 315 g/mol. The average Bonchev–Trinajstić information content (AvgIpc) is 2.90. The predicted molar refractivity (Wildman–Crippen MR) is 96.8 cm³/mol. The highest BCUT2D eigenvalue weighted by Gasteiger charge is 2.15. The van der Waals surface area contributed by atoms with Gasteiger partial charge < -0.3 is 14.8 Å². The molecule has 0 saturated heterocycles. The Hall–Kier alpha value is -1.81. The van der Waals surface area contributed by atoms with Crippen LogP contribution in [0.15, 0.2) is 24.4 Å². The molecule has 4 nitrogen and oxygen atoms in total. The second kappa shape index (κ2) is 8.16. The lowest BCUT2D eigenvalue weighted by molar-refractivity contribution is -0.130. The van der Waals surface area contributed by atoms with E-state index >= 15 is 0 Å². The summed E-state index contributed by atoms with van der Waals surface area (Å²) >= 11 is 0. The Kier molecular flexibility index (Phi) is 6.22. The largest absolute Gasteiger partial charge is 0.361 e. The Balaban J connectivity index is 2.06. The molecule has 0 aliphatic heterocycles. The van der Waals surface area contributed by atoms with Crippen LogP contribution in [0.25, 0.3) is 10.9 Å². The number of carbonyl (C=O) groups excluding carboxylic acids is 1. The smallest absolute Gasteiger partial charge is 0.227 e. The fourth-order valence-electron chi connectivity index (χ4n) is 2.99. The summed E-state index contributed by atoms with van der Waals surface area (Å²) in [6, 6.07) is 6.24. The zero-order chi connectivity index (χ0) is 16.8. The van der Waals surface area contributed by atoms with Gasteiger partial charge in [0.25, 0.3) is 0 Å². The first-order chi connectivity index (χ1) is 11.0. The van der Waals surface area contributed by atoms with Gasteiger partial charge in [0.05, 0.1) is 6.42 Å². The van der Waals surface area contributed by atoms with Gasteiger partial charge in [0.2, 0.25) is 5.91 Å². The first-order valence-corrected chi connectivity index (χ1v) is 8.51. The van der Waals surface area contributed by atoms with Crippen molar-refractivity contribution in [3.05, 3.63) is 35.5 Å². The lowest BCUT2D eigenvalue weighted by Gasteiger charge is -2.23. The van der Waals surface area contributed by atoms with E-state index < -0.39 is 0 Å². The lowest BCUT2D eigenvalue weighted by Crippen LogP contribution is -2.35. The molecule has 1 N–H and O–H groups in total. The Morgan fingerprint density at radius 1 is 1.17 bits per heavy atom. The van der Waals surface area contributed by atoms with Crippen molar-refractivity contribution < 1.29 is 4.79 Å². The summed E-state index contributed by atoms with van der Waals surface area (Å²) in [5, 5.41) is 1.17. The van der Waals surface area contributed by atoms with Gasteiger partial charge in [-0.3, -0.25) is 4.79 Å². The number of rotatable bonds is 8. The fourth-order valence-corrected chi connectivity index (χ4v) is 2.99. The second-order valence-corrected chi connectivity index (χ2v) is 6.53. The molecule has 1 amide bonds. The van der Waals surface area contributed by atoms with Gasteiger partial charge in [-0.2, -0.15) is 0 Å². The van der Waals surface area contributed by atoms with Crippen LogP contribution in [0.2, 0.25) is 0 Å². The summed E-state index contributed by atoms with van der Waals surface area (Å²) in [6.07, 6.45) is 4.48. The molecule has 0 radical (unpaired) electrons. The highest BCUT2D eigenvalue weighted by molar-refractivity contribution is 5.90. The van der Waals surface area contributed by atoms with Gasteiger partial charge in [0.15, 0.2) is 0 Å². The molecule has 1 aromatic carbocycles. The maximum absolute atomic E-state index is 12.7. The van der Waals surface area contributed by atoms with Crippen molar-refractivity contribution in [1.82, 2.24) is 14.8 Å². The van der Waals surface area contributed by atoms with Gasteiger partial charge in [-0.1, -0.05) is 25.1 Å². The molecule has 0 aliphatic carbocycles. The highest BCUT2D eigenvalue weighted by atomic mass is 16.2. The van der Waals surface area contributed by atoms with Crippen molar-refractivity contribution in [2.45, 2.75) is 33.1 Å². The number of nitrogens with one attached hydrogen (secondary N) is 1. The summed E-state index contributed by atoms with van der Waals surface area (Å²) < 4.78 is 0. The van der Waals surface area contributed by atoms with E-state index in [1.54, 1.807) is 0 Å². The minimum absolute atomic E-state index is 0.230. The van der Waals surface area contributed by atoms with Gasteiger partial charge in [0, 0.05) is 30.2 Å². The minimum atomic E-state index is 0.230. The van der Waals surface area contributed by atoms with Crippen LogP contribution < -0.4 is 0 Å². The molecular formula is C19H29N3O. The van der Waals surface area contributed by atoms with E-state index in [0.29, 0.717) is 6.42 Å². The number of para-hydroxylation sites is 1. The molecular weight excluding hydrogens is 286 g/mol. The number of hydrogen-bond donors (Lipinski definition) is 1. The van der Waals surface area contributed by atoms with Crippen molar-refractivity contribution in [2.75, 3.05) is 33.7 Å². The Morgan fingerprint density at radius 3 is 2.65 bits per heavy atom. The van der Waals surface area contributed by atoms with Crippen LogP contribution >= 0.6 is 0 Å². The average molecular weight is 315 g/mol. The third kappa shape index (κ3) is 4.58. The maximum atomic E-state index is 12.7. The van der Waals surface area contributed by atoms with E-state index in [1.165, 1.54) is 10.9 Å². The Labute approximate surface area is 139 Å². The summed E-state index contributed by atoms with van der Waals surface area (Å²) in [6.45, 7) is 6.91. The zero-order valence-electron chi connectivity index (χ0n) is 14.9. The predicted octanol–water partition coefficient (Wildman–Crippen LogP) is 3.21. The summed E-state index contributed by atoms with van der Waals surface area (Å²) in [5.41, 5.74) is 3.46. The first-order valence-electron chi connectivity index (χ1n) is 8.51. The van der Waals surface area contributed by atoms with Crippen LogP contribution in [0.5, 0.6) is 0 Å². The molecule has 2 rings (SSSR count). The van der Waals surface area contributed by atoms with E-state index in [-0.39, 0.29) is 5.91 Å². The molecule has 0 aliphatic rings. The van der Waals surface area contributed by atoms with E-state index in [4.69, 9.17) is 0 Å². The van der Waals surface area contributed by atoms with E-state index in [1.807, 2.05) is 11.1 Å². The molecule has 1 heterocycles. The SMILES string of the molecule is CCCN(CCCN(C)C)C(=O)Cc1c[nH]c2c(C)cccc12. The van der Waals surface area contributed by atoms with Gasteiger partial charge in [-0.25, -0.2) is 0 Å². The molecule has 23 heavy (non-hydrogen) atoms. The lowest BCUT2D eigenvalue weighted by atomic mass is 10.1. The van der Waals surface area contributed by atoms with Gasteiger partial charge in [-0.05, 0) is 51.5 Å². The molecule has 0 spiro atoms. The van der Waals surface area contributed by atoms with Gasteiger partial charge >= 0.3 is 0 Å². The topological polar surface area (TPSA) is 39.3 Å². The van der Waals surface area contributed by atoms with Crippen LogP contribution in [-0.4, -0.2) is 54.4 Å². The van der Waals surface area contributed by atoms with Crippen molar-refractivity contribution in [2.24, 2.45) is 0 Å². The number of carbonyl (C=O) groups is 1. The third-order valence-electron chi connectivity index (χ3n) is 4.23. The highest BCUT2D eigenvalue weighted by Crippen LogP contribution is 2.22. The number of H-pyrrole nitrogens is 1. The van der Waals surface area contributed by atoms with E-state index in [0.717, 1.165) is 43.6 Å². The Morgan fingerprint density at radius 2 is 1.96 bits per heavy atom. The number of benzene rings is 1. The van der Waals surface area contributed by atoms with Gasteiger partial charge in [0.1, 0.15) is 0 Å². The number of amides is 1. The van der Waals surface area contributed by atoms with Crippen molar-refractivity contribution in [1.29, 1.82) is 0 Å². The number of aryl methyl sites for hydroxylation is 1.